The van der Waals surface area contributed by atoms with Gasteiger partial charge in [-0.15, -0.1) is 0 Å². The van der Waals surface area contributed by atoms with Gasteiger partial charge in [0.2, 0.25) is 0 Å². The molecule has 1 heterocycles. The molecular weight excluding hydrogens is 432 g/mol. The van der Waals surface area contributed by atoms with Gasteiger partial charge in [0.25, 0.3) is 0 Å². The lowest BCUT2D eigenvalue weighted by atomic mass is 10.2. The quantitative estimate of drug-likeness (QED) is 0.307. The zero-order valence-electron chi connectivity index (χ0n) is 19.0. The highest BCUT2D eigenvalue weighted by Crippen LogP contribution is 2.17. The van der Waals surface area contributed by atoms with E-state index >= 15 is 0 Å². The van der Waals surface area contributed by atoms with E-state index < -0.39 is 0 Å². The van der Waals surface area contributed by atoms with Gasteiger partial charge in [-0.25, -0.2) is 9.78 Å². The number of nitrogens with one attached hydrogen (secondary N) is 1. The molecule has 0 aliphatic carbocycles. The standard InChI is InChI=1S/C30H22N4O/c35-30-27-18-17-26(31-21-24-12-6-2-7-13-24)20-28(27)33-29(19-16-23-10-4-1-5-11-23)34(30)32-22-25-14-8-3-9-15-25/h1-22H/p+1/b19-16+,31-21?,32-22-. The summed E-state index contributed by atoms with van der Waals surface area (Å²) in [4.78, 5) is 21.4. The predicted octanol–water partition coefficient (Wildman–Crippen LogP) is 5.62. The molecule has 0 aliphatic heterocycles. The SMILES string of the molecule is O=c1c2ccc(N=Cc3ccccc3)cc2[nH+]c(/C=C/c2ccccc2)n1/N=C\c1ccccc1. The van der Waals surface area contributed by atoms with Crippen LogP contribution in [0.25, 0.3) is 23.1 Å². The summed E-state index contributed by atoms with van der Waals surface area (Å²) < 4.78 is 1.39. The summed E-state index contributed by atoms with van der Waals surface area (Å²) in [7, 11) is 0. The lowest BCUT2D eigenvalue weighted by molar-refractivity contribution is -0.356. The van der Waals surface area contributed by atoms with Gasteiger partial charge in [-0.05, 0) is 34.9 Å². The lowest BCUT2D eigenvalue weighted by Crippen LogP contribution is -2.28. The Morgan fingerprint density at radius 3 is 1.91 bits per heavy atom. The Balaban J connectivity index is 1.59. The van der Waals surface area contributed by atoms with Crippen molar-refractivity contribution in [3.05, 3.63) is 142 Å². The molecule has 5 rings (SSSR count). The molecule has 5 nitrogen and oxygen atoms in total. The fraction of sp³-hybridized carbons (Fsp3) is 0. The van der Waals surface area contributed by atoms with Crippen molar-refractivity contribution in [3.63, 3.8) is 0 Å². The van der Waals surface area contributed by atoms with Crippen LogP contribution in [0, 0.1) is 0 Å². The van der Waals surface area contributed by atoms with Gasteiger partial charge in [-0.3, -0.25) is 4.99 Å². The molecule has 5 aromatic rings. The molecule has 0 bridgehead atoms. The van der Waals surface area contributed by atoms with Crippen LogP contribution in [0.3, 0.4) is 0 Å². The van der Waals surface area contributed by atoms with Crippen LogP contribution in [-0.4, -0.2) is 17.1 Å². The van der Waals surface area contributed by atoms with Crippen LogP contribution < -0.4 is 10.5 Å². The molecule has 0 saturated carbocycles. The van der Waals surface area contributed by atoms with Crippen molar-refractivity contribution < 1.29 is 4.98 Å². The summed E-state index contributed by atoms with van der Waals surface area (Å²) in [5.41, 5.74) is 4.17. The van der Waals surface area contributed by atoms with Gasteiger partial charge in [0.15, 0.2) is 0 Å². The molecule has 0 aliphatic rings. The number of aromatic amines is 1. The van der Waals surface area contributed by atoms with Crippen LogP contribution >= 0.6 is 0 Å². The number of benzene rings is 4. The van der Waals surface area contributed by atoms with E-state index in [1.54, 1.807) is 12.3 Å². The predicted molar refractivity (Wildman–Crippen MR) is 143 cm³/mol. The van der Waals surface area contributed by atoms with Crippen LogP contribution in [0.1, 0.15) is 22.5 Å². The average molecular weight is 456 g/mol. The van der Waals surface area contributed by atoms with Gasteiger partial charge < -0.3 is 0 Å². The monoisotopic (exact) mass is 455 g/mol. The van der Waals surface area contributed by atoms with Gasteiger partial charge >= 0.3 is 11.4 Å². The molecule has 0 spiro atoms. The fourth-order valence-electron chi connectivity index (χ4n) is 3.63. The summed E-state index contributed by atoms with van der Waals surface area (Å²) in [6.45, 7) is 0. The highest BCUT2D eigenvalue weighted by atomic mass is 16.1. The van der Waals surface area contributed by atoms with E-state index in [1.165, 1.54) is 4.68 Å². The molecule has 1 aromatic heterocycles. The summed E-state index contributed by atoms with van der Waals surface area (Å²) in [5.74, 6) is 0.558. The van der Waals surface area contributed by atoms with E-state index in [4.69, 9.17) is 0 Å². The number of aromatic nitrogens is 2. The van der Waals surface area contributed by atoms with Crippen molar-refractivity contribution in [2.45, 2.75) is 0 Å². The van der Waals surface area contributed by atoms with Gasteiger partial charge in [0.1, 0.15) is 10.9 Å². The fourth-order valence-corrected chi connectivity index (χ4v) is 3.63. The smallest absolute Gasteiger partial charge is 0.256 e. The first-order chi connectivity index (χ1) is 17.3. The number of hydrogen-bond donors (Lipinski definition) is 0. The summed E-state index contributed by atoms with van der Waals surface area (Å²) in [6, 6.07) is 35.0. The lowest BCUT2D eigenvalue weighted by Gasteiger charge is -2.01. The Kier molecular flexibility index (Phi) is 6.49. The molecule has 0 unspecified atom stereocenters. The van der Waals surface area contributed by atoms with Gasteiger partial charge in [-0.1, -0.05) is 101 Å². The third kappa shape index (κ3) is 5.37. The number of H-pyrrole nitrogens is 1. The van der Waals surface area contributed by atoms with Gasteiger partial charge in [0, 0.05) is 18.4 Å². The van der Waals surface area contributed by atoms with Crippen LogP contribution in [0.4, 0.5) is 5.69 Å². The molecule has 0 amide bonds. The second-order valence-electron chi connectivity index (χ2n) is 7.93. The van der Waals surface area contributed by atoms with Crippen LogP contribution in [0.2, 0.25) is 0 Å². The Labute approximate surface area is 203 Å². The Morgan fingerprint density at radius 2 is 1.26 bits per heavy atom. The summed E-state index contributed by atoms with van der Waals surface area (Å²) >= 11 is 0. The molecule has 0 saturated heterocycles. The normalized spacial score (nSPS) is 11.8. The Hall–Kier alpha value is -4.90. The maximum atomic E-state index is 13.4. The topological polar surface area (TPSA) is 60.9 Å². The number of aliphatic imine (C=N–C) groups is 1. The van der Waals surface area contributed by atoms with Gasteiger partial charge in [0.05, 0.1) is 11.9 Å². The van der Waals surface area contributed by atoms with Crippen molar-refractivity contribution in [3.8, 4) is 0 Å². The molecule has 4 aromatic carbocycles. The van der Waals surface area contributed by atoms with Crippen molar-refractivity contribution >= 4 is 41.2 Å². The van der Waals surface area contributed by atoms with E-state index in [0.29, 0.717) is 16.7 Å². The summed E-state index contributed by atoms with van der Waals surface area (Å²) in [6.07, 6.45) is 7.30. The van der Waals surface area contributed by atoms with E-state index in [2.05, 4.69) is 15.1 Å². The van der Waals surface area contributed by atoms with Crippen LogP contribution in [0.5, 0.6) is 0 Å². The Morgan fingerprint density at radius 1 is 0.657 bits per heavy atom. The second-order valence-corrected chi connectivity index (χ2v) is 7.93. The van der Waals surface area contributed by atoms with Crippen molar-refractivity contribution in [1.29, 1.82) is 0 Å². The molecule has 5 heteroatoms. The molecule has 1 N–H and O–H groups in total. The van der Waals surface area contributed by atoms with E-state index in [9.17, 15) is 4.79 Å². The zero-order chi connectivity index (χ0) is 23.9. The number of nitrogens with zero attached hydrogens (tertiary/aromatic N) is 3. The van der Waals surface area contributed by atoms with Crippen molar-refractivity contribution in [1.82, 2.24) is 4.68 Å². The minimum absolute atomic E-state index is 0.211. The molecule has 0 fully saturated rings. The third-order valence-electron chi connectivity index (χ3n) is 5.43. The van der Waals surface area contributed by atoms with E-state index in [-0.39, 0.29) is 5.56 Å². The molecule has 35 heavy (non-hydrogen) atoms. The maximum Gasteiger partial charge on any atom is 0.370 e. The first-order valence-corrected chi connectivity index (χ1v) is 11.3. The van der Waals surface area contributed by atoms with Crippen molar-refractivity contribution in [2.75, 3.05) is 0 Å². The molecular formula is C30H23N4O+. The number of rotatable bonds is 6. The van der Waals surface area contributed by atoms with Crippen molar-refractivity contribution in [2.24, 2.45) is 10.1 Å². The highest BCUT2D eigenvalue weighted by molar-refractivity contribution is 5.85. The van der Waals surface area contributed by atoms with Crippen LogP contribution in [-0.2, 0) is 0 Å². The van der Waals surface area contributed by atoms with E-state index in [0.717, 1.165) is 22.4 Å². The van der Waals surface area contributed by atoms with Crippen LogP contribution in [0.15, 0.2) is 124 Å². The molecule has 0 atom stereocenters. The largest absolute Gasteiger partial charge is 0.370 e. The number of fused-ring (bicyclic) bond motifs is 1. The molecule has 168 valence electrons. The minimum atomic E-state index is -0.211. The average Bonchev–Trinajstić information content (AvgIpc) is 2.92. The zero-order valence-corrected chi connectivity index (χ0v) is 19.0. The van der Waals surface area contributed by atoms with Gasteiger partial charge in [-0.2, -0.15) is 0 Å². The highest BCUT2D eigenvalue weighted by Gasteiger charge is 2.16. The molecule has 0 radical (unpaired) electrons. The Bertz CT molecular complexity index is 1590. The first-order valence-electron chi connectivity index (χ1n) is 11.3. The van der Waals surface area contributed by atoms with E-state index in [1.807, 2.05) is 121 Å². The number of hydrogen-bond acceptors (Lipinski definition) is 3. The first kappa shape index (κ1) is 21.9. The second kappa shape index (κ2) is 10.4. The third-order valence-corrected chi connectivity index (χ3v) is 5.43. The summed E-state index contributed by atoms with van der Waals surface area (Å²) in [5, 5.41) is 5.04. The maximum absolute atomic E-state index is 13.4. The minimum Gasteiger partial charge on any atom is -0.256 e.